The zero-order chi connectivity index (χ0) is 18.9. The molecule has 0 aromatic heterocycles. The molecule has 3 N–H and O–H groups in total. The number of amides is 1. The zero-order valence-electron chi connectivity index (χ0n) is 16.0. The maximum Gasteiger partial charge on any atom is 0.243 e. The van der Waals surface area contributed by atoms with Crippen molar-refractivity contribution >= 4 is 39.7 Å². The fraction of sp³-hybridized carbons (Fsp3) is 0.588. The number of sulfonamides is 1. The lowest BCUT2D eigenvalue weighted by molar-refractivity contribution is -0.116. The van der Waals surface area contributed by atoms with Gasteiger partial charge < -0.3 is 16.0 Å². The largest absolute Gasteiger partial charge is 0.384 e. The number of nitrogens with one attached hydrogen (secondary N) is 3. The smallest absolute Gasteiger partial charge is 0.243 e. The summed E-state index contributed by atoms with van der Waals surface area (Å²) in [5, 5.41) is 8.97. The third-order valence-corrected chi connectivity index (χ3v) is 5.85. The number of hydrogen-bond donors (Lipinski definition) is 3. The Morgan fingerprint density at radius 2 is 1.77 bits per heavy atom. The number of anilines is 2. The molecule has 9 heteroatoms. The quantitative estimate of drug-likeness (QED) is 0.491. The molecule has 0 fully saturated rings. The van der Waals surface area contributed by atoms with Crippen LogP contribution in [0.2, 0.25) is 0 Å². The highest BCUT2D eigenvalue weighted by Gasteiger charge is 2.23. The van der Waals surface area contributed by atoms with Gasteiger partial charge in [0, 0.05) is 26.1 Å². The van der Waals surface area contributed by atoms with Crippen LogP contribution >= 0.6 is 12.4 Å². The summed E-state index contributed by atoms with van der Waals surface area (Å²) in [6.45, 7) is 7.78. The van der Waals surface area contributed by atoms with Gasteiger partial charge >= 0.3 is 0 Å². The summed E-state index contributed by atoms with van der Waals surface area (Å²) in [5.74, 6) is -0.133. The predicted octanol–water partition coefficient (Wildman–Crippen LogP) is 2.51. The van der Waals surface area contributed by atoms with Crippen molar-refractivity contribution in [3.8, 4) is 0 Å². The molecule has 0 bridgehead atoms. The van der Waals surface area contributed by atoms with E-state index in [-0.39, 0.29) is 23.2 Å². The highest BCUT2D eigenvalue weighted by molar-refractivity contribution is 7.89. The number of carbonyl (C=O) groups excluding carboxylic acids is 1. The number of benzene rings is 1. The summed E-state index contributed by atoms with van der Waals surface area (Å²) in [6, 6.07) is 4.80. The Morgan fingerprint density at radius 1 is 1.12 bits per heavy atom. The van der Waals surface area contributed by atoms with Gasteiger partial charge in [-0.1, -0.05) is 13.8 Å². The molecule has 1 amide bonds. The summed E-state index contributed by atoms with van der Waals surface area (Å²) in [4.78, 5) is 12.3. The van der Waals surface area contributed by atoms with Crippen molar-refractivity contribution < 1.29 is 13.2 Å². The lowest BCUT2D eigenvalue weighted by Gasteiger charge is -2.20. The number of hydrogen-bond acceptors (Lipinski definition) is 5. The first-order valence-corrected chi connectivity index (χ1v) is 10.2. The fourth-order valence-corrected chi connectivity index (χ4v) is 3.97. The first-order chi connectivity index (χ1) is 11.9. The Morgan fingerprint density at radius 3 is 2.31 bits per heavy atom. The van der Waals surface area contributed by atoms with E-state index in [1.165, 1.54) is 10.4 Å². The molecule has 7 nitrogen and oxygen atoms in total. The van der Waals surface area contributed by atoms with Crippen LogP contribution in [0.4, 0.5) is 11.4 Å². The molecule has 0 radical (unpaired) electrons. The maximum absolute atomic E-state index is 12.7. The molecule has 0 aliphatic heterocycles. The molecule has 150 valence electrons. The number of rotatable bonds is 11. The molecule has 1 rings (SSSR count). The third-order valence-electron chi connectivity index (χ3n) is 3.81. The van der Waals surface area contributed by atoms with Crippen molar-refractivity contribution in [3.63, 3.8) is 0 Å². The van der Waals surface area contributed by atoms with E-state index in [9.17, 15) is 13.2 Å². The summed E-state index contributed by atoms with van der Waals surface area (Å²) in [6.07, 6.45) is 1.09. The molecular weight excluding hydrogens is 376 g/mol. The average Bonchev–Trinajstić information content (AvgIpc) is 2.57. The van der Waals surface area contributed by atoms with Crippen molar-refractivity contribution in [2.24, 2.45) is 0 Å². The molecule has 0 aliphatic carbocycles. The minimum Gasteiger partial charge on any atom is -0.384 e. The van der Waals surface area contributed by atoms with Gasteiger partial charge in [0.1, 0.15) is 0 Å². The zero-order valence-corrected chi connectivity index (χ0v) is 17.6. The van der Waals surface area contributed by atoms with E-state index in [0.29, 0.717) is 37.4 Å². The Hall–Kier alpha value is -1.35. The van der Waals surface area contributed by atoms with Crippen LogP contribution in [0.1, 0.15) is 33.6 Å². The number of nitrogens with zero attached hydrogens (tertiary/aromatic N) is 1. The van der Waals surface area contributed by atoms with Gasteiger partial charge in [0.25, 0.3) is 0 Å². The van der Waals surface area contributed by atoms with Crippen LogP contribution in [0.3, 0.4) is 0 Å². The van der Waals surface area contributed by atoms with E-state index in [0.717, 1.165) is 13.0 Å². The highest BCUT2D eigenvalue weighted by atomic mass is 35.5. The molecule has 0 heterocycles. The second-order valence-corrected chi connectivity index (χ2v) is 7.52. The standard InChI is InChI=1S/C17H30N4O3S.ClH/c1-5-19-15-11-10-14(25(23,24)21(6-2)7-3)13-16(15)20-17(22)9-8-12-18-4;/h10-11,13,18-19H,5-9,12H2,1-4H3,(H,20,22);1H. The van der Waals surface area contributed by atoms with Crippen molar-refractivity contribution in [1.82, 2.24) is 9.62 Å². The van der Waals surface area contributed by atoms with E-state index in [4.69, 9.17) is 0 Å². The number of halogens is 1. The van der Waals surface area contributed by atoms with Crippen LogP contribution in [0.25, 0.3) is 0 Å². The molecule has 1 aromatic rings. The molecule has 0 atom stereocenters. The third kappa shape index (κ3) is 6.75. The highest BCUT2D eigenvalue weighted by Crippen LogP contribution is 2.27. The second-order valence-electron chi connectivity index (χ2n) is 5.58. The van der Waals surface area contributed by atoms with Gasteiger partial charge in [0.2, 0.25) is 15.9 Å². The summed E-state index contributed by atoms with van der Waals surface area (Å²) in [7, 11) is -1.73. The molecule has 0 saturated heterocycles. The van der Waals surface area contributed by atoms with Gasteiger partial charge in [-0.3, -0.25) is 4.79 Å². The first kappa shape index (κ1) is 24.7. The summed E-state index contributed by atoms with van der Waals surface area (Å²) < 4.78 is 26.8. The van der Waals surface area contributed by atoms with Crippen molar-refractivity contribution in [2.75, 3.05) is 43.9 Å². The van der Waals surface area contributed by atoms with E-state index < -0.39 is 10.0 Å². The Labute approximate surface area is 163 Å². The normalized spacial score (nSPS) is 11.1. The monoisotopic (exact) mass is 406 g/mol. The summed E-state index contributed by atoms with van der Waals surface area (Å²) in [5.41, 5.74) is 1.20. The lowest BCUT2D eigenvalue weighted by Crippen LogP contribution is -2.30. The molecule has 1 aromatic carbocycles. The Bertz CT molecular complexity index is 664. The van der Waals surface area contributed by atoms with Gasteiger partial charge in [0.05, 0.1) is 16.3 Å². The molecule has 0 saturated carbocycles. The van der Waals surface area contributed by atoms with Crippen LogP contribution < -0.4 is 16.0 Å². The van der Waals surface area contributed by atoms with E-state index in [2.05, 4.69) is 16.0 Å². The van der Waals surface area contributed by atoms with Gasteiger partial charge in [0.15, 0.2) is 0 Å². The van der Waals surface area contributed by atoms with Crippen LogP contribution in [0, 0.1) is 0 Å². The van der Waals surface area contributed by atoms with Crippen LogP contribution in [0.15, 0.2) is 23.1 Å². The Kier molecular flexibility index (Phi) is 11.5. The molecular formula is C17H31ClN4O3S. The second kappa shape index (κ2) is 12.1. The molecule has 26 heavy (non-hydrogen) atoms. The molecule has 0 aliphatic rings. The fourth-order valence-electron chi connectivity index (χ4n) is 2.48. The van der Waals surface area contributed by atoms with E-state index in [1.807, 2.05) is 14.0 Å². The van der Waals surface area contributed by atoms with Crippen molar-refractivity contribution in [1.29, 1.82) is 0 Å². The lowest BCUT2D eigenvalue weighted by atomic mass is 10.2. The van der Waals surface area contributed by atoms with E-state index >= 15 is 0 Å². The van der Waals surface area contributed by atoms with Crippen LogP contribution in [-0.4, -0.2) is 51.9 Å². The topological polar surface area (TPSA) is 90.5 Å². The number of carbonyl (C=O) groups is 1. The van der Waals surface area contributed by atoms with E-state index in [1.54, 1.807) is 26.0 Å². The first-order valence-electron chi connectivity index (χ1n) is 8.73. The van der Waals surface area contributed by atoms with Crippen LogP contribution in [-0.2, 0) is 14.8 Å². The molecule has 0 unspecified atom stereocenters. The van der Waals surface area contributed by atoms with Crippen LogP contribution in [0.5, 0.6) is 0 Å². The van der Waals surface area contributed by atoms with Crippen molar-refractivity contribution in [2.45, 2.75) is 38.5 Å². The van der Waals surface area contributed by atoms with Gasteiger partial charge in [-0.15, -0.1) is 12.4 Å². The summed E-state index contributed by atoms with van der Waals surface area (Å²) >= 11 is 0. The minimum absolute atomic E-state index is 0. The van der Waals surface area contributed by atoms with Gasteiger partial charge in [-0.2, -0.15) is 4.31 Å². The minimum atomic E-state index is -3.57. The molecule has 0 spiro atoms. The van der Waals surface area contributed by atoms with Crippen molar-refractivity contribution in [3.05, 3.63) is 18.2 Å². The van der Waals surface area contributed by atoms with Gasteiger partial charge in [-0.25, -0.2) is 8.42 Å². The SMILES string of the molecule is CCNc1ccc(S(=O)(=O)N(CC)CC)cc1NC(=O)CCCNC.Cl. The predicted molar refractivity (Wildman–Crippen MR) is 110 cm³/mol. The Balaban J connectivity index is 0.00000625. The maximum atomic E-state index is 12.7. The average molecular weight is 407 g/mol. The van der Waals surface area contributed by atoms with Gasteiger partial charge in [-0.05, 0) is 45.1 Å².